The lowest BCUT2D eigenvalue weighted by atomic mass is 9.87. The molecular weight excluding hydrogens is 145 g/mol. The Balaban J connectivity index is 2.42. The number of halogens is 1. The summed E-state index contributed by atoms with van der Waals surface area (Å²) in [6.45, 7) is 0. The van der Waals surface area contributed by atoms with Crippen molar-refractivity contribution in [2.45, 2.75) is 31.5 Å². The summed E-state index contributed by atoms with van der Waals surface area (Å²) in [5.41, 5.74) is 0. The number of nitriles is 1. The number of rotatable bonds is 1. The van der Waals surface area contributed by atoms with Crippen LogP contribution in [0.3, 0.4) is 0 Å². The zero-order chi connectivity index (χ0) is 8.27. The highest BCUT2D eigenvalue weighted by atomic mass is 19.1. The minimum absolute atomic E-state index is 0.0228. The van der Waals surface area contributed by atoms with Gasteiger partial charge in [-0.1, -0.05) is 0 Å². The summed E-state index contributed by atoms with van der Waals surface area (Å²) >= 11 is 0. The van der Waals surface area contributed by atoms with Crippen molar-refractivity contribution < 1.29 is 9.13 Å². The third-order valence-corrected chi connectivity index (χ3v) is 2.22. The first-order chi connectivity index (χ1) is 5.27. The number of hydrogen-bond donors (Lipinski definition) is 0. The van der Waals surface area contributed by atoms with Crippen molar-refractivity contribution in [3.63, 3.8) is 0 Å². The summed E-state index contributed by atoms with van der Waals surface area (Å²) in [6, 6.07) is 1.97. The summed E-state index contributed by atoms with van der Waals surface area (Å²) in [5.74, 6) is -0.401. The quantitative estimate of drug-likeness (QED) is 0.580. The van der Waals surface area contributed by atoms with Gasteiger partial charge in [-0.2, -0.15) is 5.26 Å². The molecule has 0 aromatic rings. The monoisotopic (exact) mass is 157 g/mol. The van der Waals surface area contributed by atoms with Crippen molar-refractivity contribution in [3.8, 4) is 6.07 Å². The summed E-state index contributed by atoms with van der Waals surface area (Å²) in [4.78, 5) is 0. The molecular formula is C8H12FNO. The molecule has 0 radical (unpaired) electrons. The molecule has 0 amide bonds. The van der Waals surface area contributed by atoms with Gasteiger partial charge in [-0.25, -0.2) is 4.39 Å². The van der Waals surface area contributed by atoms with Crippen LogP contribution in [0.15, 0.2) is 0 Å². The Morgan fingerprint density at radius 1 is 1.55 bits per heavy atom. The standard InChI is InChI=1S/C8H12FNO/c1-11-7-3-2-6(5-10)8(9)4-7/h6-8H,2-4H2,1H3. The number of ether oxygens (including phenoxy) is 1. The number of alkyl halides is 1. The molecule has 0 N–H and O–H groups in total. The van der Waals surface area contributed by atoms with Crippen LogP contribution in [0.5, 0.6) is 0 Å². The summed E-state index contributed by atoms with van der Waals surface area (Å²) < 4.78 is 18.0. The Kier molecular flexibility index (Phi) is 2.84. The lowest BCUT2D eigenvalue weighted by Crippen LogP contribution is -2.29. The first-order valence-electron chi connectivity index (χ1n) is 3.84. The van der Waals surface area contributed by atoms with E-state index in [4.69, 9.17) is 10.00 Å². The maximum Gasteiger partial charge on any atom is 0.118 e. The Morgan fingerprint density at radius 3 is 2.73 bits per heavy atom. The van der Waals surface area contributed by atoms with E-state index in [2.05, 4.69) is 0 Å². The van der Waals surface area contributed by atoms with E-state index in [9.17, 15) is 4.39 Å². The Bertz CT molecular complexity index is 166. The zero-order valence-corrected chi connectivity index (χ0v) is 6.59. The normalized spacial score (nSPS) is 38.1. The van der Waals surface area contributed by atoms with Gasteiger partial charge in [-0.05, 0) is 12.8 Å². The van der Waals surface area contributed by atoms with Crippen molar-refractivity contribution >= 4 is 0 Å². The van der Waals surface area contributed by atoms with E-state index in [0.29, 0.717) is 12.8 Å². The first kappa shape index (κ1) is 8.48. The van der Waals surface area contributed by atoms with Crippen molar-refractivity contribution in [1.29, 1.82) is 5.26 Å². The third kappa shape index (κ3) is 1.90. The highest BCUT2D eigenvalue weighted by molar-refractivity contribution is 4.93. The molecule has 1 aliphatic carbocycles. The van der Waals surface area contributed by atoms with Gasteiger partial charge in [0.05, 0.1) is 18.1 Å². The predicted octanol–water partition coefficient (Wildman–Crippen LogP) is 1.66. The van der Waals surface area contributed by atoms with E-state index >= 15 is 0 Å². The summed E-state index contributed by atoms with van der Waals surface area (Å²) in [6.07, 6.45) is 0.869. The van der Waals surface area contributed by atoms with Gasteiger partial charge in [-0.3, -0.25) is 0 Å². The van der Waals surface area contributed by atoms with Crippen LogP contribution in [0.2, 0.25) is 0 Å². The average Bonchev–Trinajstić information content (AvgIpc) is 2.04. The summed E-state index contributed by atoms with van der Waals surface area (Å²) in [5, 5.41) is 8.49. The van der Waals surface area contributed by atoms with Crippen LogP contribution in [0.25, 0.3) is 0 Å². The largest absolute Gasteiger partial charge is 0.381 e. The zero-order valence-electron chi connectivity index (χ0n) is 6.59. The third-order valence-electron chi connectivity index (χ3n) is 2.22. The molecule has 1 saturated carbocycles. The molecule has 1 rings (SSSR count). The lowest BCUT2D eigenvalue weighted by Gasteiger charge is -2.26. The average molecular weight is 157 g/mol. The first-order valence-corrected chi connectivity index (χ1v) is 3.84. The lowest BCUT2D eigenvalue weighted by molar-refractivity contribution is 0.0270. The number of methoxy groups -OCH3 is 1. The van der Waals surface area contributed by atoms with E-state index in [0.717, 1.165) is 6.42 Å². The van der Waals surface area contributed by atoms with Gasteiger partial charge < -0.3 is 4.74 Å². The van der Waals surface area contributed by atoms with Crippen LogP contribution in [0, 0.1) is 17.2 Å². The maximum atomic E-state index is 13.0. The molecule has 2 nitrogen and oxygen atoms in total. The fourth-order valence-electron chi connectivity index (χ4n) is 1.44. The van der Waals surface area contributed by atoms with Crippen molar-refractivity contribution in [1.82, 2.24) is 0 Å². The Hall–Kier alpha value is -0.620. The summed E-state index contributed by atoms with van der Waals surface area (Å²) in [7, 11) is 1.59. The van der Waals surface area contributed by atoms with E-state index in [1.54, 1.807) is 7.11 Å². The van der Waals surface area contributed by atoms with Crippen LogP contribution < -0.4 is 0 Å². The molecule has 3 heteroatoms. The Morgan fingerprint density at radius 2 is 2.27 bits per heavy atom. The number of hydrogen-bond acceptors (Lipinski definition) is 2. The van der Waals surface area contributed by atoms with Crippen molar-refractivity contribution in [2.24, 2.45) is 5.92 Å². The highest BCUT2D eigenvalue weighted by Gasteiger charge is 2.30. The minimum atomic E-state index is -0.987. The van der Waals surface area contributed by atoms with Crippen molar-refractivity contribution in [2.75, 3.05) is 7.11 Å². The van der Waals surface area contributed by atoms with Crippen LogP contribution in [0.1, 0.15) is 19.3 Å². The molecule has 0 spiro atoms. The van der Waals surface area contributed by atoms with Gasteiger partial charge in [0.15, 0.2) is 0 Å². The molecule has 0 bridgehead atoms. The van der Waals surface area contributed by atoms with E-state index in [-0.39, 0.29) is 6.10 Å². The molecule has 0 aliphatic heterocycles. The SMILES string of the molecule is COC1CCC(C#N)C(F)C1. The van der Waals surface area contributed by atoms with Gasteiger partial charge in [0.25, 0.3) is 0 Å². The van der Waals surface area contributed by atoms with Crippen LogP contribution in [-0.4, -0.2) is 19.4 Å². The van der Waals surface area contributed by atoms with Gasteiger partial charge >= 0.3 is 0 Å². The second-order valence-electron chi connectivity index (χ2n) is 2.92. The van der Waals surface area contributed by atoms with Crippen LogP contribution in [0.4, 0.5) is 4.39 Å². The second-order valence-corrected chi connectivity index (χ2v) is 2.92. The highest BCUT2D eigenvalue weighted by Crippen LogP contribution is 2.27. The van der Waals surface area contributed by atoms with Crippen LogP contribution >= 0.6 is 0 Å². The molecule has 3 unspecified atom stereocenters. The predicted molar refractivity (Wildman–Crippen MR) is 38.6 cm³/mol. The van der Waals surface area contributed by atoms with Gasteiger partial charge in [0, 0.05) is 13.5 Å². The van der Waals surface area contributed by atoms with E-state index in [1.807, 2.05) is 6.07 Å². The molecule has 3 atom stereocenters. The molecule has 11 heavy (non-hydrogen) atoms. The molecule has 1 fully saturated rings. The van der Waals surface area contributed by atoms with Gasteiger partial charge in [0.1, 0.15) is 6.17 Å². The molecule has 0 aromatic carbocycles. The van der Waals surface area contributed by atoms with E-state index in [1.165, 1.54) is 0 Å². The van der Waals surface area contributed by atoms with E-state index < -0.39 is 12.1 Å². The van der Waals surface area contributed by atoms with Gasteiger partial charge in [-0.15, -0.1) is 0 Å². The maximum absolute atomic E-state index is 13.0. The molecule has 0 heterocycles. The second kappa shape index (κ2) is 3.68. The molecule has 0 aromatic heterocycles. The van der Waals surface area contributed by atoms with Crippen molar-refractivity contribution in [3.05, 3.63) is 0 Å². The fraction of sp³-hybridized carbons (Fsp3) is 0.875. The minimum Gasteiger partial charge on any atom is -0.381 e. The topological polar surface area (TPSA) is 33.0 Å². The van der Waals surface area contributed by atoms with Gasteiger partial charge in [0.2, 0.25) is 0 Å². The number of nitrogens with zero attached hydrogens (tertiary/aromatic N) is 1. The molecule has 0 saturated heterocycles. The molecule has 1 aliphatic rings. The Labute approximate surface area is 66.0 Å². The van der Waals surface area contributed by atoms with Crippen LogP contribution in [-0.2, 0) is 4.74 Å². The molecule has 62 valence electrons. The smallest absolute Gasteiger partial charge is 0.118 e. The fourth-order valence-corrected chi connectivity index (χ4v) is 1.44.